The number of hydrogen-bond donors (Lipinski definition) is 2. The lowest BCUT2D eigenvalue weighted by molar-refractivity contribution is -0.114. The number of anilines is 2. The van der Waals surface area contributed by atoms with Crippen LogP contribution in [0.25, 0.3) is 16.9 Å². The number of nitrogens with one attached hydrogen (secondary N) is 2. The smallest absolute Gasteiger partial charge is 0.246 e. The molecule has 0 saturated carbocycles. The van der Waals surface area contributed by atoms with E-state index in [0.29, 0.717) is 11.6 Å². The summed E-state index contributed by atoms with van der Waals surface area (Å²) in [6.45, 7) is 4.21. The third-order valence-electron chi connectivity index (χ3n) is 3.08. The Morgan fingerprint density at radius 1 is 1.23 bits per heavy atom. The summed E-state index contributed by atoms with van der Waals surface area (Å²) in [7, 11) is 0. The number of aromatic nitrogens is 4. The zero-order valence-corrected chi connectivity index (χ0v) is 12.4. The van der Waals surface area contributed by atoms with Crippen LogP contribution < -0.4 is 10.6 Å². The zero-order valence-electron chi connectivity index (χ0n) is 12.4. The van der Waals surface area contributed by atoms with Crippen LogP contribution in [-0.4, -0.2) is 32.3 Å². The Morgan fingerprint density at radius 2 is 2.09 bits per heavy atom. The van der Waals surface area contributed by atoms with E-state index in [1.807, 2.05) is 43.3 Å². The summed E-state index contributed by atoms with van der Waals surface area (Å²) in [5.74, 6) is 0.506. The van der Waals surface area contributed by atoms with Crippen molar-refractivity contribution >= 4 is 23.2 Å². The molecule has 0 unspecified atom stereocenters. The van der Waals surface area contributed by atoms with E-state index < -0.39 is 0 Å². The standard InChI is InChI=1S/C15H16N6O/c1-3-16-15-19-18-14-8-7-13(20-21(14)15)11-5-4-6-12(9-11)17-10(2)22/h4-9H,3H2,1-2H3,(H,16,19)(H,17,22). The zero-order chi connectivity index (χ0) is 15.5. The van der Waals surface area contributed by atoms with Gasteiger partial charge in [-0.05, 0) is 31.2 Å². The van der Waals surface area contributed by atoms with Crippen molar-refractivity contribution in [1.82, 2.24) is 19.8 Å². The molecule has 7 nitrogen and oxygen atoms in total. The predicted molar refractivity (Wildman–Crippen MR) is 84.7 cm³/mol. The fourth-order valence-electron chi connectivity index (χ4n) is 2.17. The molecule has 0 fully saturated rings. The van der Waals surface area contributed by atoms with Crippen molar-refractivity contribution in [3.8, 4) is 11.3 Å². The average Bonchev–Trinajstić information content (AvgIpc) is 2.90. The van der Waals surface area contributed by atoms with E-state index in [-0.39, 0.29) is 5.91 Å². The van der Waals surface area contributed by atoms with Gasteiger partial charge in [0.25, 0.3) is 0 Å². The van der Waals surface area contributed by atoms with Crippen molar-refractivity contribution in [1.29, 1.82) is 0 Å². The highest BCUT2D eigenvalue weighted by molar-refractivity contribution is 5.89. The second-order valence-electron chi connectivity index (χ2n) is 4.80. The van der Waals surface area contributed by atoms with E-state index in [0.717, 1.165) is 23.5 Å². The van der Waals surface area contributed by atoms with Gasteiger partial charge in [-0.3, -0.25) is 4.79 Å². The molecule has 1 amide bonds. The van der Waals surface area contributed by atoms with Gasteiger partial charge in [0.05, 0.1) is 5.69 Å². The van der Waals surface area contributed by atoms with Crippen molar-refractivity contribution in [2.24, 2.45) is 0 Å². The van der Waals surface area contributed by atoms with E-state index in [1.165, 1.54) is 6.92 Å². The second-order valence-corrected chi connectivity index (χ2v) is 4.80. The summed E-state index contributed by atoms with van der Waals surface area (Å²) in [5, 5.41) is 18.6. The number of benzene rings is 1. The Labute approximate surface area is 127 Å². The molecule has 3 rings (SSSR count). The minimum absolute atomic E-state index is 0.103. The van der Waals surface area contributed by atoms with Crippen molar-refractivity contribution in [2.45, 2.75) is 13.8 Å². The monoisotopic (exact) mass is 296 g/mol. The molecule has 0 radical (unpaired) electrons. The minimum atomic E-state index is -0.103. The molecule has 0 spiro atoms. The number of rotatable bonds is 4. The van der Waals surface area contributed by atoms with Crippen LogP contribution in [0.4, 0.5) is 11.6 Å². The van der Waals surface area contributed by atoms with Crippen LogP contribution in [0, 0.1) is 0 Å². The van der Waals surface area contributed by atoms with Gasteiger partial charge in [0.1, 0.15) is 0 Å². The van der Waals surface area contributed by atoms with Gasteiger partial charge in [-0.15, -0.1) is 10.2 Å². The molecule has 0 aliphatic rings. The van der Waals surface area contributed by atoms with E-state index >= 15 is 0 Å². The maximum atomic E-state index is 11.2. The fourth-order valence-corrected chi connectivity index (χ4v) is 2.17. The lowest BCUT2D eigenvalue weighted by Crippen LogP contribution is -2.06. The number of hydrogen-bond acceptors (Lipinski definition) is 5. The third kappa shape index (κ3) is 2.73. The van der Waals surface area contributed by atoms with Gasteiger partial charge < -0.3 is 10.6 Å². The number of nitrogens with zero attached hydrogens (tertiary/aromatic N) is 4. The summed E-state index contributed by atoms with van der Waals surface area (Å²) >= 11 is 0. The summed E-state index contributed by atoms with van der Waals surface area (Å²) in [6, 6.07) is 11.3. The molecule has 1 aromatic carbocycles. The molecule has 2 N–H and O–H groups in total. The largest absolute Gasteiger partial charge is 0.353 e. The molecule has 2 aromatic heterocycles. The van der Waals surface area contributed by atoms with Crippen LogP contribution in [0.15, 0.2) is 36.4 Å². The van der Waals surface area contributed by atoms with E-state index in [9.17, 15) is 4.79 Å². The highest BCUT2D eigenvalue weighted by atomic mass is 16.1. The maximum Gasteiger partial charge on any atom is 0.246 e. The molecule has 0 saturated heterocycles. The molecular formula is C15H16N6O. The Kier molecular flexibility index (Phi) is 3.69. The van der Waals surface area contributed by atoms with Crippen LogP contribution in [0.5, 0.6) is 0 Å². The van der Waals surface area contributed by atoms with E-state index in [1.54, 1.807) is 4.52 Å². The van der Waals surface area contributed by atoms with Crippen molar-refractivity contribution in [3.05, 3.63) is 36.4 Å². The Bertz CT molecular complexity index is 826. The molecule has 0 aliphatic heterocycles. The Balaban J connectivity index is 2.02. The first kappa shape index (κ1) is 14.0. The Morgan fingerprint density at radius 3 is 2.86 bits per heavy atom. The summed E-state index contributed by atoms with van der Waals surface area (Å²) in [5.41, 5.74) is 3.10. The number of carbonyl (C=O) groups is 1. The van der Waals surface area contributed by atoms with Crippen molar-refractivity contribution < 1.29 is 4.79 Å². The maximum absolute atomic E-state index is 11.2. The number of amides is 1. The predicted octanol–water partition coefficient (Wildman–Crippen LogP) is 2.18. The molecule has 0 atom stereocenters. The summed E-state index contributed by atoms with van der Waals surface area (Å²) in [4.78, 5) is 11.2. The first-order valence-electron chi connectivity index (χ1n) is 7.01. The molecule has 112 valence electrons. The van der Waals surface area contributed by atoms with Gasteiger partial charge in [0, 0.05) is 24.7 Å². The highest BCUT2D eigenvalue weighted by Gasteiger charge is 2.08. The molecule has 0 bridgehead atoms. The van der Waals surface area contributed by atoms with Crippen LogP contribution in [0.2, 0.25) is 0 Å². The van der Waals surface area contributed by atoms with Gasteiger partial charge >= 0.3 is 0 Å². The van der Waals surface area contributed by atoms with Gasteiger partial charge in [0.2, 0.25) is 11.9 Å². The Hall–Kier alpha value is -2.96. The van der Waals surface area contributed by atoms with Crippen LogP contribution >= 0.6 is 0 Å². The molecule has 7 heteroatoms. The summed E-state index contributed by atoms with van der Waals surface area (Å²) in [6.07, 6.45) is 0. The van der Waals surface area contributed by atoms with Crippen LogP contribution in [0.3, 0.4) is 0 Å². The molecule has 22 heavy (non-hydrogen) atoms. The molecular weight excluding hydrogens is 280 g/mol. The van der Waals surface area contributed by atoms with Crippen LogP contribution in [-0.2, 0) is 4.79 Å². The normalized spacial score (nSPS) is 10.6. The molecule has 2 heterocycles. The van der Waals surface area contributed by atoms with Gasteiger partial charge in [-0.2, -0.15) is 9.61 Å². The highest BCUT2D eigenvalue weighted by Crippen LogP contribution is 2.21. The van der Waals surface area contributed by atoms with Crippen LogP contribution in [0.1, 0.15) is 13.8 Å². The lowest BCUT2D eigenvalue weighted by Gasteiger charge is -2.06. The fraction of sp³-hybridized carbons (Fsp3) is 0.200. The van der Waals surface area contributed by atoms with Gasteiger partial charge in [-0.1, -0.05) is 12.1 Å². The lowest BCUT2D eigenvalue weighted by atomic mass is 10.1. The molecule has 3 aromatic rings. The van der Waals surface area contributed by atoms with Gasteiger partial charge in [0.15, 0.2) is 5.65 Å². The SMILES string of the molecule is CCNc1nnc2ccc(-c3cccc(NC(C)=O)c3)nn12. The summed E-state index contributed by atoms with van der Waals surface area (Å²) < 4.78 is 1.67. The van der Waals surface area contributed by atoms with Crippen molar-refractivity contribution in [2.75, 3.05) is 17.2 Å². The van der Waals surface area contributed by atoms with E-state index in [4.69, 9.17) is 0 Å². The second kappa shape index (κ2) is 5.80. The third-order valence-corrected chi connectivity index (χ3v) is 3.08. The van der Waals surface area contributed by atoms with E-state index in [2.05, 4.69) is 25.9 Å². The van der Waals surface area contributed by atoms with Gasteiger partial charge in [-0.25, -0.2) is 0 Å². The first-order valence-corrected chi connectivity index (χ1v) is 7.01. The topological polar surface area (TPSA) is 84.2 Å². The van der Waals surface area contributed by atoms with Crippen molar-refractivity contribution in [3.63, 3.8) is 0 Å². The number of fused-ring (bicyclic) bond motifs is 1. The first-order chi connectivity index (χ1) is 10.7. The average molecular weight is 296 g/mol. The number of carbonyl (C=O) groups excluding carboxylic acids is 1. The molecule has 0 aliphatic carbocycles. The minimum Gasteiger partial charge on any atom is -0.353 e. The quantitative estimate of drug-likeness (QED) is 0.771.